The van der Waals surface area contributed by atoms with Crippen molar-refractivity contribution in [1.82, 2.24) is 0 Å². The second kappa shape index (κ2) is 9.72. The van der Waals surface area contributed by atoms with Crippen molar-refractivity contribution in [2.24, 2.45) is 0 Å². The smallest absolute Gasteiger partial charge is 0.120 e. The van der Waals surface area contributed by atoms with Gasteiger partial charge >= 0.3 is 0 Å². The van der Waals surface area contributed by atoms with E-state index >= 15 is 0 Å². The Labute approximate surface area is 154 Å². The Balaban J connectivity index is 2.42. The number of benzene rings is 2. The molecular weight excluding hydrogens is 328 g/mol. The lowest BCUT2D eigenvalue weighted by molar-refractivity contribution is 0.469. The summed E-state index contributed by atoms with van der Waals surface area (Å²) in [6, 6.07) is 14.5. The molecule has 2 aromatic carbocycles. The third-order valence-corrected chi connectivity index (χ3v) is 4.82. The lowest BCUT2D eigenvalue weighted by atomic mass is 10.1. The molecule has 0 amide bonds. The number of para-hydroxylation sites is 2. The van der Waals surface area contributed by atoms with E-state index in [2.05, 4.69) is 23.7 Å². The lowest BCUT2D eigenvalue weighted by Crippen LogP contribution is -1.99. The summed E-state index contributed by atoms with van der Waals surface area (Å²) in [6.07, 6.45) is 1.49. The van der Waals surface area contributed by atoms with E-state index in [1.54, 1.807) is 24.3 Å². The summed E-state index contributed by atoms with van der Waals surface area (Å²) >= 11 is 1.54. The van der Waals surface area contributed by atoms with Crippen LogP contribution in [0.2, 0.25) is 0 Å². The summed E-state index contributed by atoms with van der Waals surface area (Å²) in [5, 5.41) is 20.0. The van der Waals surface area contributed by atoms with E-state index in [0.717, 1.165) is 24.0 Å². The van der Waals surface area contributed by atoms with E-state index in [4.69, 9.17) is 0 Å². The highest BCUT2D eigenvalue weighted by Gasteiger charge is 2.21. The Hall–Kier alpha value is -2.49. The number of hydrogen-bond acceptors (Lipinski definition) is 3. The molecule has 0 aliphatic carbocycles. The molecule has 2 rings (SSSR count). The molecule has 0 saturated carbocycles. The number of hydrogen-bond donors (Lipinski definition) is 2. The maximum Gasteiger partial charge on any atom is 0.120 e. The first kappa shape index (κ1) is 18.8. The molecule has 3 heteroatoms. The molecule has 2 atom stereocenters. The number of rotatable bonds is 4. The van der Waals surface area contributed by atoms with Crippen molar-refractivity contribution >= 4 is 11.8 Å². The van der Waals surface area contributed by atoms with Crippen LogP contribution in [0.25, 0.3) is 0 Å². The molecule has 2 N–H and O–H groups in total. The molecule has 0 saturated heterocycles. The number of phenols is 2. The predicted molar refractivity (Wildman–Crippen MR) is 105 cm³/mol. The third kappa shape index (κ3) is 5.24. The van der Waals surface area contributed by atoms with Gasteiger partial charge in [-0.25, -0.2) is 0 Å². The highest BCUT2D eigenvalue weighted by atomic mass is 32.2. The minimum atomic E-state index is -0.225. The first-order valence-electron chi connectivity index (χ1n) is 8.35. The van der Waals surface area contributed by atoms with E-state index in [1.165, 1.54) is 11.8 Å². The Bertz CT molecular complexity index is 751. The average Bonchev–Trinajstić information content (AvgIpc) is 2.63. The van der Waals surface area contributed by atoms with Crippen molar-refractivity contribution in [2.75, 3.05) is 0 Å². The molecule has 2 unspecified atom stereocenters. The summed E-state index contributed by atoms with van der Waals surface area (Å²) in [7, 11) is 0. The molecule has 0 aromatic heterocycles. The van der Waals surface area contributed by atoms with E-state index in [1.807, 2.05) is 38.1 Å². The first-order valence-corrected chi connectivity index (χ1v) is 9.29. The lowest BCUT2D eigenvalue weighted by Gasteiger charge is -2.18. The van der Waals surface area contributed by atoms with Gasteiger partial charge in [-0.2, -0.15) is 0 Å². The van der Waals surface area contributed by atoms with Crippen molar-refractivity contribution in [1.29, 1.82) is 0 Å². The maximum atomic E-state index is 10.2. The number of phenolic OH excluding ortho intramolecular Hbond substituents is 2. The Morgan fingerprint density at radius 3 is 1.52 bits per heavy atom. The highest BCUT2D eigenvalue weighted by molar-refractivity contribution is 8.00. The van der Waals surface area contributed by atoms with Gasteiger partial charge in [-0.05, 0) is 12.1 Å². The van der Waals surface area contributed by atoms with Crippen LogP contribution < -0.4 is 0 Å². The molecule has 0 bridgehead atoms. The highest BCUT2D eigenvalue weighted by Crippen LogP contribution is 2.44. The molecule has 0 radical (unpaired) electrons. The van der Waals surface area contributed by atoms with Gasteiger partial charge in [0.1, 0.15) is 11.5 Å². The Morgan fingerprint density at radius 1 is 0.760 bits per heavy atom. The second-order valence-corrected chi connectivity index (χ2v) is 6.58. The van der Waals surface area contributed by atoms with Crippen LogP contribution in [0.3, 0.4) is 0 Å². The summed E-state index contributed by atoms with van der Waals surface area (Å²) in [6.45, 7) is 3.99. The van der Waals surface area contributed by atoms with Gasteiger partial charge < -0.3 is 10.2 Å². The minimum Gasteiger partial charge on any atom is -0.508 e. The van der Waals surface area contributed by atoms with Gasteiger partial charge in [0.15, 0.2) is 0 Å². The zero-order valence-electron chi connectivity index (χ0n) is 14.5. The quantitative estimate of drug-likeness (QED) is 0.721. The zero-order chi connectivity index (χ0) is 18.1. The van der Waals surface area contributed by atoms with Crippen molar-refractivity contribution in [3.05, 3.63) is 59.7 Å². The fourth-order valence-electron chi connectivity index (χ4n) is 2.31. The summed E-state index contributed by atoms with van der Waals surface area (Å²) in [5.41, 5.74) is 1.54. The average molecular weight is 350 g/mol. The van der Waals surface area contributed by atoms with Crippen molar-refractivity contribution in [2.45, 2.75) is 37.2 Å². The molecule has 128 valence electrons. The van der Waals surface area contributed by atoms with Crippen LogP contribution in [0.1, 0.15) is 48.3 Å². The van der Waals surface area contributed by atoms with Crippen LogP contribution in [0.5, 0.6) is 11.5 Å². The van der Waals surface area contributed by atoms with Gasteiger partial charge in [0.2, 0.25) is 0 Å². The van der Waals surface area contributed by atoms with Crippen LogP contribution >= 0.6 is 11.8 Å². The predicted octanol–water partition coefficient (Wildman–Crippen LogP) is 5.44. The number of aromatic hydroxyl groups is 2. The molecule has 2 aromatic rings. The molecule has 0 aliphatic heterocycles. The molecule has 0 spiro atoms. The summed E-state index contributed by atoms with van der Waals surface area (Å²) in [5.74, 6) is 13.1. The van der Waals surface area contributed by atoms with Gasteiger partial charge in [0, 0.05) is 24.0 Å². The summed E-state index contributed by atoms with van der Waals surface area (Å²) < 4.78 is 0. The van der Waals surface area contributed by atoms with Crippen LogP contribution in [0.4, 0.5) is 0 Å². The molecule has 2 nitrogen and oxygen atoms in total. The monoisotopic (exact) mass is 350 g/mol. The number of thioether (sulfide) groups is 1. The molecular formula is C22H22O2S. The van der Waals surface area contributed by atoms with Gasteiger partial charge in [0.25, 0.3) is 0 Å². The molecule has 0 heterocycles. The standard InChI is InChI=1S/C22H22O2S/c1-3-5-15-21(17-11-7-9-13-19(17)23)25-22(16-6-4-2)18-12-8-10-14-20(18)24/h7-14,21-24H,3-4H2,1-2H3. The fraction of sp³-hybridized carbons (Fsp3) is 0.273. The minimum absolute atomic E-state index is 0.225. The normalized spacial score (nSPS) is 12.2. The topological polar surface area (TPSA) is 40.5 Å². The van der Waals surface area contributed by atoms with Crippen LogP contribution in [-0.4, -0.2) is 10.2 Å². The molecule has 0 fully saturated rings. The Kier molecular flexibility index (Phi) is 7.33. The van der Waals surface area contributed by atoms with Gasteiger partial charge in [-0.3, -0.25) is 0 Å². The van der Waals surface area contributed by atoms with Crippen molar-refractivity contribution in [3.8, 4) is 35.2 Å². The largest absolute Gasteiger partial charge is 0.508 e. The van der Waals surface area contributed by atoms with E-state index < -0.39 is 0 Å². The van der Waals surface area contributed by atoms with Crippen molar-refractivity contribution < 1.29 is 10.2 Å². The van der Waals surface area contributed by atoms with Crippen LogP contribution in [0, 0.1) is 23.7 Å². The maximum absolute atomic E-state index is 10.2. The molecule has 0 aliphatic rings. The first-order chi connectivity index (χ1) is 12.2. The zero-order valence-corrected chi connectivity index (χ0v) is 15.3. The summed E-state index contributed by atoms with van der Waals surface area (Å²) in [4.78, 5) is 0. The van der Waals surface area contributed by atoms with E-state index in [0.29, 0.717) is 0 Å². The van der Waals surface area contributed by atoms with Gasteiger partial charge in [-0.1, -0.05) is 62.1 Å². The second-order valence-electron chi connectivity index (χ2n) is 5.36. The van der Waals surface area contributed by atoms with E-state index in [9.17, 15) is 10.2 Å². The third-order valence-electron chi connectivity index (χ3n) is 3.53. The SMILES string of the molecule is CCC#CC(SC(C#CCC)c1ccccc1O)c1ccccc1O. The fourth-order valence-corrected chi connectivity index (χ4v) is 3.58. The van der Waals surface area contributed by atoms with Crippen molar-refractivity contribution in [3.63, 3.8) is 0 Å². The van der Waals surface area contributed by atoms with E-state index in [-0.39, 0.29) is 22.0 Å². The van der Waals surface area contributed by atoms with Gasteiger partial charge in [0.05, 0.1) is 10.5 Å². The van der Waals surface area contributed by atoms with Gasteiger partial charge in [-0.15, -0.1) is 23.6 Å². The molecule has 25 heavy (non-hydrogen) atoms. The Morgan fingerprint density at radius 2 is 1.16 bits per heavy atom. The van der Waals surface area contributed by atoms with Crippen LogP contribution in [-0.2, 0) is 0 Å². The van der Waals surface area contributed by atoms with Crippen LogP contribution in [0.15, 0.2) is 48.5 Å².